The van der Waals surface area contributed by atoms with Crippen molar-refractivity contribution < 1.29 is 9.53 Å². The van der Waals surface area contributed by atoms with Crippen molar-refractivity contribution in [3.05, 3.63) is 46.8 Å². The lowest BCUT2D eigenvalue weighted by atomic mass is 9.89. The Morgan fingerprint density at radius 2 is 1.94 bits per heavy atom. The number of carbonyl (C=O) groups excluding carboxylic acids is 1. The van der Waals surface area contributed by atoms with E-state index in [1.54, 1.807) is 7.11 Å². The zero-order valence-electron chi connectivity index (χ0n) is 17.9. The van der Waals surface area contributed by atoms with E-state index in [1.807, 2.05) is 12.1 Å². The number of carbonyl (C=O) groups is 1. The topological polar surface area (TPSA) is 70.2 Å². The summed E-state index contributed by atoms with van der Waals surface area (Å²) in [5.74, 6) is 2.15. The van der Waals surface area contributed by atoms with Gasteiger partial charge in [0.25, 0.3) is 0 Å². The number of likely N-dealkylation sites (tertiary alicyclic amines) is 1. The number of nitrogens with one attached hydrogen (secondary N) is 2. The van der Waals surface area contributed by atoms with Gasteiger partial charge in [-0.2, -0.15) is 5.10 Å². The van der Waals surface area contributed by atoms with Crippen LogP contribution in [0.4, 0.5) is 0 Å². The molecule has 31 heavy (non-hydrogen) atoms. The highest BCUT2D eigenvalue weighted by Crippen LogP contribution is 2.43. The van der Waals surface area contributed by atoms with Gasteiger partial charge in [0.2, 0.25) is 5.91 Å². The van der Waals surface area contributed by atoms with Crippen molar-refractivity contribution in [2.45, 2.75) is 44.6 Å². The number of methoxy groups -OCH3 is 1. The van der Waals surface area contributed by atoms with Gasteiger partial charge in [-0.25, -0.2) is 0 Å². The second-order valence-corrected chi connectivity index (χ2v) is 8.68. The van der Waals surface area contributed by atoms with Crippen LogP contribution < -0.4 is 10.1 Å². The van der Waals surface area contributed by atoms with E-state index in [0.717, 1.165) is 50.3 Å². The Kier molecular flexibility index (Phi) is 7.89. The summed E-state index contributed by atoms with van der Waals surface area (Å²) >= 11 is 0. The molecule has 0 unspecified atom stereocenters. The van der Waals surface area contributed by atoms with Crippen LogP contribution in [0.15, 0.2) is 24.3 Å². The molecule has 2 fully saturated rings. The number of ether oxygens (including phenoxy) is 1. The first-order chi connectivity index (χ1) is 14.2. The molecular formula is C23H32Cl2N4O2. The number of aryl methyl sites for hydroxylation is 2. The van der Waals surface area contributed by atoms with Gasteiger partial charge >= 0.3 is 0 Å². The van der Waals surface area contributed by atoms with Crippen LogP contribution in [-0.4, -0.2) is 47.7 Å². The molecule has 8 heteroatoms. The molecule has 2 aromatic rings. The first-order valence-corrected chi connectivity index (χ1v) is 10.9. The van der Waals surface area contributed by atoms with Crippen molar-refractivity contribution in [1.29, 1.82) is 0 Å². The van der Waals surface area contributed by atoms with E-state index in [9.17, 15) is 4.79 Å². The van der Waals surface area contributed by atoms with Crippen LogP contribution >= 0.6 is 24.8 Å². The van der Waals surface area contributed by atoms with E-state index in [2.05, 4.69) is 32.5 Å². The molecule has 2 saturated heterocycles. The van der Waals surface area contributed by atoms with Gasteiger partial charge < -0.3 is 15.0 Å². The lowest BCUT2D eigenvalue weighted by Crippen LogP contribution is -2.34. The third-order valence-electron chi connectivity index (χ3n) is 7.06. The summed E-state index contributed by atoms with van der Waals surface area (Å²) in [6, 6.07) is 8.40. The highest BCUT2D eigenvalue weighted by atomic mass is 35.5. The van der Waals surface area contributed by atoms with Crippen LogP contribution in [-0.2, 0) is 24.1 Å². The molecule has 1 aromatic carbocycles. The molecule has 1 aliphatic carbocycles. The number of aromatic amines is 1. The Morgan fingerprint density at radius 1 is 1.16 bits per heavy atom. The highest BCUT2D eigenvalue weighted by Gasteiger charge is 2.46. The molecule has 3 aliphatic rings. The highest BCUT2D eigenvalue weighted by molar-refractivity contribution is 5.85. The van der Waals surface area contributed by atoms with E-state index >= 15 is 0 Å². The molecule has 1 aromatic heterocycles. The van der Waals surface area contributed by atoms with Gasteiger partial charge in [-0.1, -0.05) is 12.1 Å². The Balaban J connectivity index is 0.00000136. The number of halogens is 2. The minimum absolute atomic E-state index is 0. The largest absolute Gasteiger partial charge is 0.497 e. The van der Waals surface area contributed by atoms with E-state index in [-0.39, 0.29) is 36.8 Å². The van der Waals surface area contributed by atoms with Gasteiger partial charge in [-0.3, -0.25) is 9.89 Å². The number of H-pyrrole nitrogens is 1. The number of nitrogens with zero attached hydrogens (tertiary/aromatic N) is 2. The molecule has 6 nitrogen and oxygen atoms in total. The predicted molar refractivity (Wildman–Crippen MR) is 125 cm³/mol. The second-order valence-electron chi connectivity index (χ2n) is 8.68. The molecule has 1 amide bonds. The maximum Gasteiger partial charge on any atom is 0.223 e. The Morgan fingerprint density at radius 3 is 2.71 bits per heavy atom. The molecule has 0 saturated carbocycles. The Bertz CT molecular complexity index is 886. The molecule has 2 aliphatic heterocycles. The summed E-state index contributed by atoms with van der Waals surface area (Å²) in [4.78, 5) is 15.4. The van der Waals surface area contributed by atoms with Gasteiger partial charge in [0, 0.05) is 44.1 Å². The van der Waals surface area contributed by atoms with Crippen molar-refractivity contribution in [2.75, 3.05) is 26.7 Å². The van der Waals surface area contributed by atoms with Crippen LogP contribution in [0, 0.1) is 11.8 Å². The van der Waals surface area contributed by atoms with Gasteiger partial charge in [-0.05, 0) is 54.9 Å². The summed E-state index contributed by atoms with van der Waals surface area (Å²) in [5.41, 5.74) is 4.98. The van der Waals surface area contributed by atoms with Crippen LogP contribution in [0.2, 0.25) is 0 Å². The fourth-order valence-corrected chi connectivity index (χ4v) is 5.53. The van der Waals surface area contributed by atoms with Crippen molar-refractivity contribution >= 4 is 30.7 Å². The van der Waals surface area contributed by atoms with Gasteiger partial charge in [0.1, 0.15) is 5.75 Å². The Labute approximate surface area is 196 Å². The maximum atomic E-state index is 13.3. The summed E-state index contributed by atoms with van der Waals surface area (Å²) in [6.07, 6.45) is 5.94. The second kappa shape index (κ2) is 10.2. The molecule has 3 atom stereocenters. The summed E-state index contributed by atoms with van der Waals surface area (Å²) in [7, 11) is 1.69. The first kappa shape index (κ1) is 23.9. The van der Waals surface area contributed by atoms with Crippen LogP contribution in [0.25, 0.3) is 0 Å². The number of benzene rings is 1. The molecule has 0 bridgehead atoms. The summed E-state index contributed by atoms with van der Waals surface area (Å²) < 4.78 is 5.32. The Hall–Kier alpha value is -1.76. The normalized spacial score (nSPS) is 24.0. The van der Waals surface area contributed by atoms with Gasteiger partial charge in [0.05, 0.1) is 18.8 Å². The van der Waals surface area contributed by atoms with Crippen LogP contribution in [0.1, 0.15) is 47.8 Å². The van der Waals surface area contributed by atoms with Crippen LogP contribution in [0.3, 0.4) is 0 Å². The smallest absolute Gasteiger partial charge is 0.223 e. The minimum Gasteiger partial charge on any atom is -0.497 e. The van der Waals surface area contributed by atoms with E-state index in [0.29, 0.717) is 18.3 Å². The third kappa shape index (κ3) is 4.57. The van der Waals surface area contributed by atoms with E-state index in [1.165, 1.54) is 29.7 Å². The van der Waals surface area contributed by atoms with Gasteiger partial charge in [0.15, 0.2) is 0 Å². The van der Waals surface area contributed by atoms with Crippen molar-refractivity contribution in [3.8, 4) is 5.75 Å². The molecule has 2 N–H and O–H groups in total. The van der Waals surface area contributed by atoms with E-state index < -0.39 is 0 Å². The molecule has 5 rings (SSSR count). The average Bonchev–Trinajstić information content (AvgIpc) is 3.46. The fraction of sp³-hybridized carbons (Fsp3) is 0.565. The SMILES string of the molecule is COc1ccc([C@@H]2[C@H]3CNC[C@H]3CN2C(=O)CCc2n[nH]c3c2CCCC3)cc1.Cl.Cl. The first-order valence-electron chi connectivity index (χ1n) is 10.9. The number of amides is 1. The number of fused-ring (bicyclic) bond motifs is 2. The van der Waals surface area contributed by atoms with Crippen LogP contribution in [0.5, 0.6) is 5.75 Å². The van der Waals surface area contributed by atoms with E-state index in [4.69, 9.17) is 4.74 Å². The molecule has 170 valence electrons. The van der Waals surface area contributed by atoms with Gasteiger partial charge in [-0.15, -0.1) is 24.8 Å². The number of hydrogen-bond donors (Lipinski definition) is 2. The minimum atomic E-state index is 0. The zero-order valence-corrected chi connectivity index (χ0v) is 19.6. The monoisotopic (exact) mass is 466 g/mol. The predicted octanol–water partition coefficient (Wildman–Crippen LogP) is 3.49. The number of aromatic nitrogens is 2. The third-order valence-corrected chi connectivity index (χ3v) is 7.06. The van der Waals surface area contributed by atoms with Crippen molar-refractivity contribution in [3.63, 3.8) is 0 Å². The summed E-state index contributed by atoms with van der Waals surface area (Å²) in [5, 5.41) is 11.3. The van der Waals surface area contributed by atoms with Crippen molar-refractivity contribution in [1.82, 2.24) is 20.4 Å². The quantitative estimate of drug-likeness (QED) is 0.707. The zero-order chi connectivity index (χ0) is 19.8. The molecule has 0 radical (unpaired) electrons. The maximum absolute atomic E-state index is 13.3. The lowest BCUT2D eigenvalue weighted by molar-refractivity contribution is -0.132. The molecule has 3 heterocycles. The molecule has 0 spiro atoms. The molecular weight excluding hydrogens is 435 g/mol. The lowest BCUT2D eigenvalue weighted by Gasteiger charge is -2.28. The number of hydrogen-bond acceptors (Lipinski definition) is 4. The van der Waals surface area contributed by atoms with Crippen molar-refractivity contribution in [2.24, 2.45) is 11.8 Å². The standard InChI is InChI=1S/C23H30N4O2.2ClH/c1-29-17-8-6-15(7-9-17)23-19-13-24-12-16(19)14-27(23)22(28)11-10-21-18-4-2-3-5-20(18)25-26-21;;/h6-9,16,19,23-24H,2-5,10-14H2,1H3,(H,25,26);2*1H/t16-,19-,23+;;/m0../s1. The number of rotatable bonds is 5. The fourth-order valence-electron chi connectivity index (χ4n) is 5.53. The average molecular weight is 467 g/mol. The summed E-state index contributed by atoms with van der Waals surface area (Å²) in [6.45, 7) is 2.85.